The molecule has 0 rings (SSSR count). The van der Waals surface area contributed by atoms with E-state index in [0.29, 0.717) is 6.42 Å². The molecule has 1 atom stereocenters. The number of aliphatic hydroxyl groups excluding tert-OH is 1. The fraction of sp³-hybridized carbons (Fsp3) is 1.00. The maximum absolute atomic E-state index is 12.0. The largest absolute Gasteiger partial charge is 0.414 e. The quantitative estimate of drug-likeness (QED) is 0.573. The van der Waals surface area contributed by atoms with Gasteiger partial charge >= 0.3 is 6.18 Å². The van der Waals surface area contributed by atoms with E-state index in [0.717, 1.165) is 51.7 Å². The monoisotopic (exact) mass is 270 g/mol. The predicted molar refractivity (Wildman–Crippen MR) is 65.5 cm³/mol. The van der Waals surface area contributed by atoms with Gasteiger partial charge in [0, 0.05) is 13.2 Å². The Hall–Kier alpha value is -0.290. The molecule has 0 aromatic heterocycles. The molecule has 0 amide bonds. The minimum atomic E-state index is -4.46. The first-order valence-corrected chi connectivity index (χ1v) is 6.81. The van der Waals surface area contributed by atoms with Gasteiger partial charge in [-0.05, 0) is 19.8 Å². The van der Waals surface area contributed by atoms with Gasteiger partial charge in [0.1, 0.15) is 6.10 Å². The van der Waals surface area contributed by atoms with E-state index in [-0.39, 0.29) is 6.42 Å². The summed E-state index contributed by atoms with van der Waals surface area (Å²) in [6.45, 7) is 3.52. The fourth-order valence-electron chi connectivity index (χ4n) is 1.73. The third-order valence-electron chi connectivity index (χ3n) is 2.85. The summed E-state index contributed by atoms with van der Waals surface area (Å²) < 4.78 is 41.1. The van der Waals surface area contributed by atoms with Crippen molar-refractivity contribution < 1.29 is 23.0 Å². The lowest BCUT2D eigenvalue weighted by Crippen LogP contribution is -2.28. The topological polar surface area (TPSA) is 29.5 Å². The predicted octanol–water partition coefficient (Wildman–Crippen LogP) is 4.07. The number of alkyl halides is 3. The SMILES string of the molecule is CCOCCCCCCCCCC(O)C(F)(F)F. The van der Waals surface area contributed by atoms with Crippen molar-refractivity contribution in [3.63, 3.8) is 0 Å². The summed E-state index contributed by atoms with van der Waals surface area (Å²) in [5.41, 5.74) is 0. The van der Waals surface area contributed by atoms with Crippen LogP contribution in [0.2, 0.25) is 0 Å². The minimum absolute atomic E-state index is 0.173. The van der Waals surface area contributed by atoms with Crippen LogP contribution in [0.25, 0.3) is 0 Å². The highest BCUT2D eigenvalue weighted by atomic mass is 19.4. The molecule has 0 radical (unpaired) electrons. The van der Waals surface area contributed by atoms with Crippen LogP contribution in [-0.2, 0) is 4.74 Å². The first-order chi connectivity index (χ1) is 8.48. The number of unbranched alkanes of at least 4 members (excludes halogenated alkanes) is 6. The third-order valence-corrected chi connectivity index (χ3v) is 2.85. The summed E-state index contributed by atoms with van der Waals surface area (Å²) >= 11 is 0. The van der Waals surface area contributed by atoms with E-state index in [1.54, 1.807) is 0 Å². The number of hydrogen-bond donors (Lipinski definition) is 1. The normalized spacial score (nSPS) is 13.8. The number of ether oxygens (including phenoxy) is 1. The number of rotatable bonds is 11. The Kier molecular flexibility index (Phi) is 10.4. The van der Waals surface area contributed by atoms with Crippen LogP contribution in [0.3, 0.4) is 0 Å². The first-order valence-electron chi connectivity index (χ1n) is 6.81. The Morgan fingerprint density at radius 1 is 0.944 bits per heavy atom. The standard InChI is InChI=1S/C13H25F3O2/c1-2-18-11-9-7-5-3-4-6-8-10-12(17)13(14,15)16/h12,17H,2-11H2,1H3. The van der Waals surface area contributed by atoms with Crippen molar-refractivity contribution in [3.8, 4) is 0 Å². The fourth-order valence-corrected chi connectivity index (χ4v) is 1.73. The smallest absolute Gasteiger partial charge is 0.384 e. The zero-order chi connectivity index (χ0) is 13.9. The van der Waals surface area contributed by atoms with Crippen molar-refractivity contribution in [2.75, 3.05) is 13.2 Å². The number of hydrogen-bond acceptors (Lipinski definition) is 2. The molecular formula is C13H25F3O2. The van der Waals surface area contributed by atoms with Gasteiger partial charge in [-0.2, -0.15) is 13.2 Å². The highest BCUT2D eigenvalue weighted by Crippen LogP contribution is 2.24. The van der Waals surface area contributed by atoms with Gasteiger partial charge < -0.3 is 9.84 Å². The van der Waals surface area contributed by atoms with Crippen LogP contribution in [0.5, 0.6) is 0 Å². The lowest BCUT2D eigenvalue weighted by molar-refractivity contribution is -0.205. The second kappa shape index (κ2) is 10.6. The van der Waals surface area contributed by atoms with Crippen LogP contribution in [0.15, 0.2) is 0 Å². The van der Waals surface area contributed by atoms with Crippen LogP contribution in [0, 0.1) is 0 Å². The summed E-state index contributed by atoms with van der Waals surface area (Å²) in [6.07, 6.45) is -0.303. The summed E-state index contributed by atoms with van der Waals surface area (Å²) in [6, 6.07) is 0. The Balaban J connectivity index is 3.17. The average molecular weight is 270 g/mol. The number of aliphatic hydroxyl groups is 1. The van der Waals surface area contributed by atoms with Crippen LogP contribution in [0.1, 0.15) is 58.3 Å². The molecule has 0 aliphatic rings. The maximum Gasteiger partial charge on any atom is 0.414 e. The van der Waals surface area contributed by atoms with E-state index in [4.69, 9.17) is 9.84 Å². The second-order valence-corrected chi connectivity index (χ2v) is 4.52. The molecule has 0 aliphatic heterocycles. The van der Waals surface area contributed by atoms with Gasteiger partial charge in [-0.15, -0.1) is 0 Å². The molecule has 0 saturated heterocycles. The van der Waals surface area contributed by atoms with E-state index in [1.165, 1.54) is 0 Å². The molecule has 0 aromatic rings. The van der Waals surface area contributed by atoms with Gasteiger partial charge in [0.15, 0.2) is 0 Å². The summed E-state index contributed by atoms with van der Waals surface area (Å²) in [5, 5.41) is 8.77. The van der Waals surface area contributed by atoms with Gasteiger partial charge in [0.05, 0.1) is 0 Å². The molecule has 0 fully saturated rings. The molecule has 0 saturated carbocycles. The van der Waals surface area contributed by atoms with Crippen molar-refractivity contribution in [1.82, 2.24) is 0 Å². The molecule has 0 aliphatic carbocycles. The molecule has 5 heteroatoms. The van der Waals surface area contributed by atoms with Crippen LogP contribution in [-0.4, -0.2) is 30.6 Å². The lowest BCUT2D eigenvalue weighted by atomic mass is 10.1. The zero-order valence-electron chi connectivity index (χ0n) is 11.1. The Bertz CT molecular complexity index is 184. The summed E-state index contributed by atoms with van der Waals surface area (Å²) in [5.74, 6) is 0. The second-order valence-electron chi connectivity index (χ2n) is 4.52. The van der Waals surface area contributed by atoms with Gasteiger partial charge in [-0.1, -0.05) is 38.5 Å². The third kappa shape index (κ3) is 10.8. The van der Waals surface area contributed by atoms with E-state index >= 15 is 0 Å². The van der Waals surface area contributed by atoms with Crippen molar-refractivity contribution in [2.45, 2.75) is 70.6 Å². The van der Waals surface area contributed by atoms with Crippen LogP contribution >= 0.6 is 0 Å². The van der Waals surface area contributed by atoms with Crippen LogP contribution < -0.4 is 0 Å². The van der Waals surface area contributed by atoms with E-state index in [1.807, 2.05) is 6.92 Å². The summed E-state index contributed by atoms with van der Waals surface area (Å²) in [4.78, 5) is 0. The molecule has 2 nitrogen and oxygen atoms in total. The molecule has 1 N–H and O–H groups in total. The Morgan fingerprint density at radius 3 is 1.94 bits per heavy atom. The van der Waals surface area contributed by atoms with Crippen molar-refractivity contribution in [2.24, 2.45) is 0 Å². The minimum Gasteiger partial charge on any atom is -0.384 e. The molecule has 18 heavy (non-hydrogen) atoms. The molecular weight excluding hydrogens is 245 g/mol. The Labute approximate surface area is 108 Å². The molecule has 110 valence electrons. The molecule has 1 unspecified atom stereocenters. The highest BCUT2D eigenvalue weighted by molar-refractivity contribution is 4.64. The number of halogens is 3. The maximum atomic E-state index is 12.0. The van der Waals surface area contributed by atoms with Crippen molar-refractivity contribution in [1.29, 1.82) is 0 Å². The first kappa shape index (κ1) is 17.7. The van der Waals surface area contributed by atoms with E-state index < -0.39 is 12.3 Å². The van der Waals surface area contributed by atoms with Gasteiger partial charge in [0.2, 0.25) is 0 Å². The zero-order valence-corrected chi connectivity index (χ0v) is 11.1. The molecule has 0 heterocycles. The van der Waals surface area contributed by atoms with Gasteiger partial charge in [-0.3, -0.25) is 0 Å². The van der Waals surface area contributed by atoms with Gasteiger partial charge in [-0.25, -0.2) is 0 Å². The van der Waals surface area contributed by atoms with Crippen molar-refractivity contribution >= 4 is 0 Å². The van der Waals surface area contributed by atoms with Gasteiger partial charge in [0.25, 0.3) is 0 Å². The summed E-state index contributed by atoms with van der Waals surface area (Å²) in [7, 11) is 0. The van der Waals surface area contributed by atoms with Crippen molar-refractivity contribution in [3.05, 3.63) is 0 Å². The van der Waals surface area contributed by atoms with Crippen LogP contribution in [0.4, 0.5) is 13.2 Å². The molecule has 0 aromatic carbocycles. The molecule has 0 spiro atoms. The Morgan fingerprint density at radius 2 is 1.44 bits per heavy atom. The average Bonchev–Trinajstić information content (AvgIpc) is 2.30. The van der Waals surface area contributed by atoms with E-state index in [2.05, 4.69) is 0 Å². The van der Waals surface area contributed by atoms with E-state index in [9.17, 15) is 13.2 Å². The highest BCUT2D eigenvalue weighted by Gasteiger charge is 2.37. The lowest BCUT2D eigenvalue weighted by Gasteiger charge is -2.13. The molecule has 0 bridgehead atoms.